The molecule has 0 saturated carbocycles. The van der Waals surface area contributed by atoms with Gasteiger partial charge in [-0.1, -0.05) is 17.3 Å². The number of rotatable bonds is 2. The Balaban J connectivity index is 1.46. The van der Waals surface area contributed by atoms with Gasteiger partial charge in [0.25, 0.3) is 5.91 Å². The number of carbonyl (C=O) groups excluding carboxylic acids is 1. The molecule has 0 N–H and O–H groups in total. The van der Waals surface area contributed by atoms with Crippen LogP contribution in [0.25, 0.3) is 0 Å². The van der Waals surface area contributed by atoms with Crippen molar-refractivity contribution in [3.63, 3.8) is 0 Å². The molecule has 3 heterocycles. The second kappa shape index (κ2) is 5.89. The molecule has 126 valence electrons. The number of nitrogens with zero attached hydrogens (tertiary/aromatic N) is 3. The molecule has 0 unspecified atom stereocenters. The number of fused-ring (bicyclic) bond motifs is 1. The lowest BCUT2D eigenvalue weighted by Crippen LogP contribution is -2.46. The molecule has 2 aliphatic rings. The van der Waals surface area contributed by atoms with Crippen LogP contribution in [0.2, 0.25) is 0 Å². The van der Waals surface area contributed by atoms with Crippen LogP contribution in [0, 0.1) is 12.7 Å². The summed E-state index contributed by atoms with van der Waals surface area (Å²) >= 11 is 0. The molecule has 2 aromatic rings. The highest BCUT2D eigenvalue weighted by molar-refractivity contribution is 5.82. The minimum absolute atomic E-state index is 0.0701. The van der Waals surface area contributed by atoms with E-state index >= 15 is 0 Å². The van der Waals surface area contributed by atoms with Crippen molar-refractivity contribution in [2.24, 2.45) is 0 Å². The molecule has 6 nitrogen and oxygen atoms in total. The van der Waals surface area contributed by atoms with Crippen LogP contribution in [0.3, 0.4) is 0 Å². The minimum Gasteiger partial charge on any atom is -0.477 e. The summed E-state index contributed by atoms with van der Waals surface area (Å²) in [5.41, 5.74) is 0.746. The van der Waals surface area contributed by atoms with Crippen LogP contribution in [-0.4, -0.2) is 40.1 Å². The standard InChI is InChI=1S/C17H18FN3O3/c1-10-19-16(20-24-10)12-5-3-7-21(9-12)17(22)14-8-11-4-2-6-13(18)15(11)23-14/h2,4,6,12,14H,3,5,7-9H2,1H3/t12-,14-/m1/s1. The molecule has 0 aliphatic carbocycles. The highest BCUT2D eigenvalue weighted by Crippen LogP contribution is 2.33. The maximum Gasteiger partial charge on any atom is 0.264 e. The summed E-state index contributed by atoms with van der Waals surface area (Å²) < 4.78 is 24.4. The molecule has 1 aromatic heterocycles. The summed E-state index contributed by atoms with van der Waals surface area (Å²) in [5, 5.41) is 3.97. The molecule has 2 aliphatic heterocycles. The molecule has 1 saturated heterocycles. The van der Waals surface area contributed by atoms with E-state index in [2.05, 4.69) is 10.1 Å². The Hall–Kier alpha value is -2.44. The van der Waals surface area contributed by atoms with Gasteiger partial charge in [0.05, 0.1) is 0 Å². The van der Waals surface area contributed by atoms with Gasteiger partial charge in [-0.15, -0.1) is 0 Å². The monoisotopic (exact) mass is 331 g/mol. The number of para-hydroxylation sites is 1. The van der Waals surface area contributed by atoms with E-state index in [1.165, 1.54) is 6.07 Å². The summed E-state index contributed by atoms with van der Waals surface area (Å²) in [6.45, 7) is 2.96. The molecular formula is C17H18FN3O3. The second-order valence-corrected chi connectivity index (χ2v) is 6.33. The lowest BCUT2D eigenvalue weighted by molar-refractivity contribution is -0.139. The van der Waals surface area contributed by atoms with Crippen LogP contribution >= 0.6 is 0 Å². The van der Waals surface area contributed by atoms with Gasteiger partial charge in [-0.2, -0.15) is 4.98 Å². The van der Waals surface area contributed by atoms with Crippen molar-refractivity contribution < 1.29 is 18.4 Å². The molecule has 7 heteroatoms. The van der Waals surface area contributed by atoms with Crippen molar-refractivity contribution in [2.45, 2.75) is 38.2 Å². The van der Waals surface area contributed by atoms with Crippen LogP contribution in [0.5, 0.6) is 5.75 Å². The zero-order valence-electron chi connectivity index (χ0n) is 13.4. The number of likely N-dealkylation sites (tertiary alicyclic amines) is 1. The van der Waals surface area contributed by atoms with E-state index in [0.717, 1.165) is 18.4 Å². The van der Waals surface area contributed by atoms with E-state index in [0.29, 0.717) is 31.2 Å². The minimum atomic E-state index is -0.650. The van der Waals surface area contributed by atoms with E-state index < -0.39 is 11.9 Å². The average molecular weight is 331 g/mol. The zero-order chi connectivity index (χ0) is 16.7. The molecule has 24 heavy (non-hydrogen) atoms. The van der Waals surface area contributed by atoms with Crippen molar-refractivity contribution >= 4 is 5.91 Å². The number of hydrogen-bond donors (Lipinski definition) is 0. The molecular weight excluding hydrogens is 313 g/mol. The van der Waals surface area contributed by atoms with Gasteiger partial charge in [-0.05, 0) is 18.9 Å². The first-order chi connectivity index (χ1) is 11.6. The molecule has 1 aromatic carbocycles. The largest absolute Gasteiger partial charge is 0.477 e. The van der Waals surface area contributed by atoms with Crippen LogP contribution in [-0.2, 0) is 11.2 Å². The van der Waals surface area contributed by atoms with Crippen molar-refractivity contribution in [2.75, 3.05) is 13.1 Å². The average Bonchev–Trinajstić information content (AvgIpc) is 3.21. The second-order valence-electron chi connectivity index (χ2n) is 6.33. The Bertz CT molecular complexity index is 776. The van der Waals surface area contributed by atoms with Crippen LogP contribution in [0.1, 0.15) is 36.0 Å². The van der Waals surface area contributed by atoms with E-state index in [1.54, 1.807) is 24.0 Å². The van der Waals surface area contributed by atoms with Gasteiger partial charge in [0, 0.05) is 37.9 Å². The topological polar surface area (TPSA) is 68.5 Å². The summed E-state index contributed by atoms with van der Waals surface area (Å²) in [7, 11) is 0. The predicted molar refractivity (Wildman–Crippen MR) is 82.1 cm³/mol. The molecule has 4 rings (SSSR count). The summed E-state index contributed by atoms with van der Waals surface area (Å²) in [6, 6.07) is 4.79. The van der Waals surface area contributed by atoms with Gasteiger partial charge in [0.15, 0.2) is 23.5 Å². The van der Waals surface area contributed by atoms with E-state index in [-0.39, 0.29) is 17.6 Å². The number of benzene rings is 1. The molecule has 0 bridgehead atoms. The molecule has 0 spiro atoms. The SMILES string of the molecule is Cc1nc([C@@H]2CCCN(C(=O)[C@H]3Cc4cccc(F)c4O3)C2)no1. The Morgan fingerprint density at radius 2 is 2.29 bits per heavy atom. The van der Waals surface area contributed by atoms with Crippen LogP contribution < -0.4 is 4.74 Å². The van der Waals surface area contributed by atoms with Gasteiger partial charge in [-0.25, -0.2) is 4.39 Å². The van der Waals surface area contributed by atoms with Gasteiger partial charge >= 0.3 is 0 Å². The van der Waals surface area contributed by atoms with Crippen LogP contribution in [0.4, 0.5) is 4.39 Å². The summed E-state index contributed by atoms with van der Waals surface area (Å²) in [5.74, 6) is 0.932. The number of aromatic nitrogens is 2. The highest BCUT2D eigenvalue weighted by Gasteiger charge is 2.36. The first kappa shape index (κ1) is 15.1. The highest BCUT2D eigenvalue weighted by atomic mass is 19.1. The number of carbonyl (C=O) groups is 1. The summed E-state index contributed by atoms with van der Waals surface area (Å²) in [4.78, 5) is 18.8. The van der Waals surface area contributed by atoms with Crippen molar-refractivity contribution in [3.05, 3.63) is 41.3 Å². The lowest BCUT2D eigenvalue weighted by atomic mass is 9.96. The van der Waals surface area contributed by atoms with E-state index in [1.807, 2.05) is 0 Å². The maximum absolute atomic E-state index is 13.8. The lowest BCUT2D eigenvalue weighted by Gasteiger charge is -2.32. The molecule has 0 radical (unpaired) electrons. The quantitative estimate of drug-likeness (QED) is 0.844. The third-order valence-electron chi connectivity index (χ3n) is 4.63. The van der Waals surface area contributed by atoms with Crippen LogP contribution in [0.15, 0.2) is 22.7 Å². The van der Waals surface area contributed by atoms with E-state index in [4.69, 9.17) is 9.26 Å². The Labute approximate surface area is 138 Å². The third-order valence-corrected chi connectivity index (χ3v) is 4.63. The Morgan fingerprint density at radius 3 is 3.04 bits per heavy atom. The van der Waals surface area contributed by atoms with E-state index in [9.17, 15) is 9.18 Å². The molecule has 2 atom stereocenters. The first-order valence-corrected chi connectivity index (χ1v) is 8.15. The predicted octanol–water partition coefficient (Wildman–Crippen LogP) is 2.23. The smallest absolute Gasteiger partial charge is 0.264 e. The number of halogens is 1. The first-order valence-electron chi connectivity index (χ1n) is 8.15. The van der Waals surface area contributed by atoms with Crippen molar-refractivity contribution in [1.29, 1.82) is 0 Å². The normalized spacial score (nSPS) is 23.0. The number of aryl methyl sites for hydroxylation is 1. The number of ether oxygens (including phenoxy) is 1. The number of piperidine rings is 1. The summed E-state index contributed by atoms with van der Waals surface area (Å²) in [6.07, 6.45) is 1.55. The third kappa shape index (κ3) is 2.64. The van der Waals surface area contributed by atoms with Crippen molar-refractivity contribution in [3.8, 4) is 5.75 Å². The number of amides is 1. The van der Waals surface area contributed by atoms with Crippen molar-refractivity contribution in [1.82, 2.24) is 15.0 Å². The van der Waals surface area contributed by atoms with Gasteiger partial charge in [0.1, 0.15) is 0 Å². The Morgan fingerprint density at radius 1 is 1.42 bits per heavy atom. The van der Waals surface area contributed by atoms with Gasteiger partial charge in [0.2, 0.25) is 5.89 Å². The maximum atomic E-state index is 13.8. The fourth-order valence-electron chi connectivity index (χ4n) is 3.44. The Kier molecular flexibility index (Phi) is 3.70. The zero-order valence-corrected chi connectivity index (χ0v) is 13.4. The van der Waals surface area contributed by atoms with Gasteiger partial charge in [-0.3, -0.25) is 4.79 Å². The fraction of sp³-hybridized carbons (Fsp3) is 0.471. The fourth-order valence-corrected chi connectivity index (χ4v) is 3.44. The molecule has 1 amide bonds. The molecule has 1 fully saturated rings. The number of hydrogen-bond acceptors (Lipinski definition) is 5. The van der Waals surface area contributed by atoms with Gasteiger partial charge < -0.3 is 14.2 Å².